The summed E-state index contributed by atoms with van der Waals surface area (Å²) in [6.45, 7) is 5.86. The van der Waals surface area contributed by atoms with Gasteiger partial charge in [0, 0.05) is 0 Å². The molecule has 0 aliphatic rings. The summed E-state index contributed by atoms with van der Waals surface area (Å²) in [7, 11) is 0. The second kappa shape index (κ2) is 12.5. The second-order valence-corrected chi connectivity index (χ2v) is 4.50. The van der Waals surface area contributed by atoms with Crippen LogP contribution in [0, 0.1) is 6.92 Å². The molecule has 1 rings (SSSR count). The molecule has 21 heavy (non-hydrogen) atoms. The summed E-state index contributed by atoms with van der Waals surface area (Å²) in [5, 5.41) is 0. The molecule has 1 aromatic carbocycles. The summed E-state index contributed by atoms with van der Waals surface area (Å²) >= 11 is 0. The third-order valence-electron chi connectivity index (χ3n) is 2.69. The number of aldehydes is 1. The number of benzene rings is 1. The highest BCUT2D eigenvalue weighted by molar-refractivity contribution is 5.50. The number of aryl methyl sites for hydroxylation is 1. The van der Waals surface area contributed by atoms with Gasteiger partial charge in [0.25, 0.3) is 0 Å². The number of hydrogen-bond donors (Lipinski definition) is 0. The molecule has 0 fully saturated rings. The van der Waals surface area contributed by atoms with Crippen molar-refractivity contribution in [2.24, 2.45) is 0 Å². The molecule has 118 valence electrons. The van der Waals surface area contributed by atoms with Crippen molar-refractivity contribution in [1.82, 2.24) is 0 Å². The summed E-state index contributed by atoms with van der Waals surface area (Å²) in [5.74, 6) is 0. The van der Waals surface area contributed by atoms with Crippen LogP contribution in [0.1, 0.15) is 11.1 Å². The van der Waals surface area contributed by atoms with Gasteiger partial charge in [0.2, 0.25) is 0 Å². The molecule has 0 N–H and O–H groups in total. The Labute approximate surface area is 126 Å². The summed E-state index contributed by atoms with van der Waals surface area (Å²) in [5.41, 5.74) is 2.41. The minimum atomic E-state index is 0.123. The zero-order chi connectivity index (χ0) is 15.2. The Morgan fingerprint density at radius 1 is 0.810 bits per heavy atom. The summed E-state index contributed by atoms with van der Waals surface area (Å²) in [6, 6.07) is 8.28. The van der Waals surface area contributed by atoms with Gasteiger partial charge < -0.3 is 23.7 Å². The third kappa shape index (κ3) is 10.1. The molecule has 0 saturated heterocycles. The van der Waals surface area contributed by atoms with E-state index in [0.717, 1.165) is 6.29 Å². The molecule has 0 bridgehead atoms. The average Bonchev–Trinajstić information content (AvgIpc) is 2.50. The van der Waals surface area contributed by atoms with Crippen molar-refractivity contribution in [3.63, 3.8) is 0 Å². The summed E-state index contributed by atoms with van der Waals surface area (Å²) < 4.78 is 21.1. The first-order chi connectivity index (χ1) is 10.3. The quantitative estimate of drug-likeness (QED) is 0.410. The molecule has 0 amide bonds. The van der Waals surface area contributed by atoms with Gasteiger partial charge in [-0.25, -0.2) is 0 Å². The van der Waals surface area contributed by atoms with Crippen LogP contribution in [0.5, 0.6) is 0 Å². The van der Waals surface area contributed by atoms with Crippen molar-refractivity contribution in [2.45, 2.75) is 13.5 Å². The normalized spacial score (nSPS) is 10.7. The molecule has 0 heterocycles. The van der Waals surface area contributed by atoms with Gasteiger partial charge >= 0.3 is 0 Å². The Bertz CT molecular complexity index is 363. The predicted octanol–water partition coefficient (Wildman–Crippen LogP) is 1.76. The predicted molar refractivity (Wildman–Crippen MR) is 79.4 cm³/mol. The molecule has 0 aromatic heterocycles. The smallest absolute Gasteiger partial charge is 0.145 e. The van der Waals surface area contributed by atoms with E-state index in [9.17, 15) is 4.79 Å². The number of carbonyl (C=O) groups excluding carboxylic acids is 1. The van der Waals surface area contributed by atoms with E-state index in [0.29, 0.717) is 46.2 Å². The zero-order valence-electron chi connectivity index (χ0n) is 12.6. The van der Waals surface area contributed by atoms with E-state index in [-0.39, 0.29) is 6.61 Å². The highest BCUT2D eigenvalue weighted by Crippen LogP contribution is 2.04. The van der Waals surface area contributed by atoms with E-state index in [2.05, 4.69) is 31.2 Å². The fraction of sp³-hybridized carbons (Fsp3) is 0.562. The molecule has 0 aliphatic heterocycles. The van der Waals surface area contributed by atoms with E-state index < -0.39 is 0 Å². The molecule has 5 heteroatoms. The maximum atomic E-state index is 9.97. The maximum absolute atomic E-state index is 9.97. The van der Waals surface area contributed by atoms with Crippen LogP contribution in [0.4, 0.5) is 0 Å². The van der Waals surface area contributed by atoms with Gasteiger partial charge in [-0.05, 0) is 12.5 Å². The summed E-state index contributed by atoms with van der Waals surface area (Å²) in [4.78, 5) is 9.97. The van der Waals surface area contributed by atoms with Crippen molar-refractivity contribution < 1.29 is 23.7 Å². The van der Waals surface area contributed by atoms with Crippen molar-refractivity contribution in [1.29, 1.82) is 0 Å². The van der Waals surface area contributed by atoms with E-state index >= 15 is 0 Å². The Balaban J connectivity index is 1.82. The van der Waals surface area contributed by atoms with Crippen LogP contribution in [0.15, 0.2) is 24.3 Å². The highest BCUT2D eigenvalue weighted by Gasteiger charge is 1.94. The fourth-order valence-electron chi connectivity index (χ4n) is 1.56. The largest absolute Gasteiger partial charge is 0.377 e. The lowest BCUT2D eigenvalue weighted by atomic mass is 10.2. The topological polar surface area (TPSA) is 54.0 Å². The molecular formula is C16H24O5. The second-order valence-electron chi connectivity index (χ2n) is 4.50. The van der Waals surface area contributed by atoms with E-state index in [4.69, 9.17) is 18.9 Å². The zero-order valence-corrected chi connectivity index (χ0v) is 12.6. The maximum Gasteiger partial charge on any atom is 0.145 e. The van der Waals surface area contributed by atoms with Gasteiger partial charge in [-0.3, -0.25) is 0 Å². The van der Waals surface area contributed by atoms with Gasteiger partial charge in [-0.2, -0.15) is 0 Å². The third-order valence-corrected chi connectivity index (χ3v) is 2.69. The van der Waals surface area contributed by atoms with Crippen LogP contribution in [0.2, 0.25) is 0 Å². The minimum absolute atomic E-state index is 0.123. The lowest BCUT2D eigenvalue weighted by molar-refractivity contribution is -0.112. The van der Waals surface area contributed by atoms with Crippen LogP contribution in [0.25, 0.3) is 0 Å². The average molecular weight is 296 g/mol. The standard InChI is InChI=1S/C16H24O5/c1-15-2-4-16(5-3-15)14-21-13-12-20-11-10-19-9-8-18-7-6-17/h2-6H,7-14H2,1H3. The first kappa shape index (κ1) is 17.8. The van der Waals surface area contributed by atoms with E-state index in [1.165, 1.54) is 11.1 Å². The van der Waals surface area contributed by atoms with E-state index in [1.54, 1.807) is 0 Å². The van der Waals surface area contributed by atoms with E-state index in [1.807, 2.05) is 0 Å². The first-order valence-corrected chi connectivity index (χ1v) is 7.13. The van der Waals surface area contributed by atoms with Gasteiger partial charge in [0.05, 0.1) is 46.2 Å². The molecule has 0 saturated carbocycles. The number of hydrogen-bond acceptors (Lipinski definition) is 5. The Hall–Kier alpha value is -1.27. The SMILES string of the molecule is Cc1ccc(COCCOCCOCCOCC=O)cc1. The molecule has 0 spiro atoms. The van der Waals surface area contributed by atoms with Crippen molar-refractivity contribution in [2.75, 3.05) is 46.2 Å². The highest BCUT2D eigenvalue weighted by atomic mass is 16.6. The summed E-state index contributed by atoms with van der Waals surface area (Å²) in [6.07, 6.45) is 0.722. The van der Waals surface area contributed by atoms with Gasteiger partial charge in [0.1, 0.15) is 12.9 Å². The molecule has 1 aromatic rings. The van der Waals surface area contributed by atoms with Gasteiger partial charge in [-0.1, -0.05) is 29.8 Å². The van der Waals surface area contributed by atoms with Crippen LogP contribution < -0.4 is 0 Å². The van der Waals surface area contributed by atoms with Gasteiger partial charge in [0.15, 0.2) is 0 Å². The van der Waals surface area contributed by atoms with Crippen LogP contribution >= 0.6 is 0 Å². The fourth-order valence-corrected chi connectivity index (χ4v) is 1.56. The molecule has 5 nitrogen and oxygen atoms in total. The Morgan fingerprint density at radius 3 is 1.90 bits per heavy atom. The van der Waals surface area contributed by atoms with Gasteiger partial charge in [-0.15, -0.1) is 0 Å². The molecule has 0 aliphatic carbocycles. The number of rotatable bonds is 13. The molecule has 0 unspecified atom stereocenters. The number of ether oxygens (including phenoxy) is 4. The van der Waals surface area contributed by atoms with Crippen LogP contribution in [0.3, 0.4) is 0 Å². The van der Waals surface area contributed by atoms with Crippen molar-refractivity contribution in [3.8, 4) is 0 Å². The lowest BCUT2D eigenvalue weighted by Gasteiger charge is -2.07. The molecular weight excluding hydrogens is 272 g/mol. The Kier molecular flexibility index (Phi) is 10.6. The van der Waals surface area contributed by atoms with Crippen LogP contribution in [-0.4, -0.2) is 52.5 Å². The monoisotopic (exact) mass is 296 g/mol. The Morgan fingerprint density at radius 2 is 1.33 bits per heavy atom. The van der Waals surface area contributed by atoms with Crippen molar-refractivity contribution >= 4 is 6.29 Å². The lowest BCUT2D eigenvalue weighted by Crippen LogP contribution is -2.12. The van der Waals surface area contributed by atoms with Crippen molar-refractivity contribution in [3.05, 3.63) is 35.4 Å². The minimum Gasteiger partial charge on any atom is -0.377 e. The first-order valence-electron chi connectivity index (χ1n) is 7.13. The van der Waals surface area contributed by atoms with Crippen LogP contribution in [-0.2, 0) is 30.3 Å². The molecule has 0 radical (unpaired) electrons. The molecule has 0 atom stereocenters. The number of carbonyl (C=O) groups is 1.